The lowest BCUT2D eigenvalue weighted by atomic mass is 10.1. The molecule has 154 valence electrons. The molecule has 1 unspecified atom stereocenters. The minimum atomic E-state index is -0.375. The second-order valence-corrected chi connectivity index (χ2v) is 7.76. The number of nitrogens with zero attached hydrogens (tertiary/aromatic N) is 1. The molecular formula is C24H23BrN2O3. The number of ether oxygens (including phenoxy) is 1. The lowest BCUT2D eigenvalue weighted by molar-refractivity contribution is -0.126. The zero-order valence-corrected chi connectivity index (χ0v) is 18.2. The fraction of sp³-hybridized carbons (Fsp3) is 0.250. The third-order valence-corrected chi connectivity index (χ3v) is 5.22. The van der Waals surface area contributed by atoms with Gasteiger partial charge in [0.15, 0.2) is 0 Å². The number of hydrogen-bond acceptors (Lipinski definition) is 3. The highest BCUT2D eigenvalue weighted by atomic mass is 79.9. The molecule has 6 heteroatoms. The van der Waals surface area contributed by atoms with Crippen molar-refractivity contribution in [1.82, 2.24) is 5.32 Å². The van der Waals surface area contributed by atoms with Crippen molar-refractivity contribution < 1.29 is 14.3 Å². The maximum Gasteiger partial charge on any atom is 0.227 e. The molecule has 0 aliphatic carbocycles. The third kappa shape index (κ3) is 5.74. The second kappa shape index (κ2) is 10.7. The zero-order valence-electron chi connectivity index (χ0n) is 16.6. The van der Waals surface area contributed by atoms with E-state index in [-0.39, 0.29) is 37.3 Å². The van der Waals surface area contributed by atoms with Crippen LogP contribution in [0.2, 0.25) is 0 Å². The highest BCUT2D eigenvalue weighted by Crippen LogP contribution is 2.27. The van der Waals surface area contributed by atoms with Crippen molar-refractivity contribution in [2.45, 2.75) is 12.8 Å². The van der Waals surface area contributed by atoms with E-state index in [1.807, 2.05) is 54.6 Å². The van der Waals surface area contributed by atoms with Gasteiger partial charge in [0.1, 0.15) is 12.4 Å². The molecule has 1 fully saturated rings. The number of rotatable bonds is 7. The lowest BCUT2D eigenvalue weighted by Crippen LogP contribution is -2.33. The number of amides is 2. The van der Waals surface area contributed by atoms with Crippen LogP contribution in [0, 0.1) is 17.8 Å². The number of halogens is 1. The molecule has 1 aliphatic rings. The molecule has 1 aliphatic heterocycles. The number of nitrogens with one attached hydrogen (secondary N) is 1. The number of anilines is 1. The quantitative estimate of drug-likeness (QED) is 0.499. The molecule has 1 atom stereocenters. The van der Waals surface area contributed by atoms with Crippen LogP contribution in [0.15, 0.2) is 65.7 Å². The second-order valence-electron chi connectivity index (χ2n) is 6.85. The summed E-state index contributed by atoms with van der Waals surface area (Å²) in [4.78, 5) is 26.4. The van der Waals surface area contributed by atoms with Crippen LogP contribution in [-0.2, 0) is 16.0 Å². The zero-order chi connectivity index (χ0) is 21.3. The SMILES string of the molecule is C=CCc1ccccc1OCC#CCNC(=O)C1CC(=O)N(c2cccc(Br)c2)C1. The van der Waals surface area contributed by atoms with E-state index in [9.17, 15) is 9.59 Å². The first-order valence-electron chi connectivity index (χ1n) is 9.69. The van der Waals surface area contributed by atoms with Crippen molar-refractivity contribution in [3.05, 3.63) is 71.2 Å². The first-order chi connectivity index (χ1) is 14.6. The Bertz CT molecular complexity index is 993. The largest absolute Gasteiger partial charge is 0.481 e. The van der Waals surface area contributed by atoms with Crippen LogP contribution >= 0.6 is 15.9 Å². The molecule has 30 heavy (non-hydrogen) atoms. The van der Waals surface area contributed by atoms with E-state index in [0.717, 1.165) is 27.9 Å². The normalized spacial score (nSPS) is 15.3. The molecule has 2 aromatic carbocycles. The fourth-order valence-corrected chi connectivity index (χ4v) is 3.64. The van der Waals surface area contributed by atoms with Crippen molar-refractivity contribution in [2.75, 3.05) is 24.6 Å². The van der Waals surface area contributed by atoms with Gasteiger partial charge in [-0.15, -0.1) is 6.58 Å². The van der Waals surface area contributed by atoms with E-state index in [2.05, 4.69) is 39.7 Å². The Morgan fingerprint density at radius 1 is 1.27 bits per heavy atom. The summed E-state index contributed by atoms with van der Waals surface area (Å²) in [6, 6.07) is 15.3. The minimum absolute atomic E-state index is 0.0501. The van der Waals surface area contributed by atoms with Crippen molar-refractivity contribution in [2.24, 2.45) is 5.92 Å². The van der Waals surface area contributed by atoms with Gasteiger partial charge < -0.3 is 15.0 Å². The van der Waals surface area contributed by atoms with E-state index in [1.165, 1.54) is 0 Å². The molecule has 0 radical (unpaired) electrons. The van der Waals surface area contributed by atoms with Crippen LogP contribution in [0.1, 0.15) is 12.0 Å². The smallest absolute Gasteiger partial charge is 0.227 e. The standard InChI is InChI=1S/C24H23BrN2O3/c1-2-8-18-9-3-4-12-22(18)30-14-6-5-13-26-24(29)19-15-23(28)27(17-19)21-11-7-10-20(25)16-21/h2-4,7,9-12,16,19H,1,8,13-15,17H2,(H,26,29). The summed E-state index contributed by atoms with van der Waals surface area (Å²) in [6.45, 7) is 4.58. The molecular weight excluding hydrogens is 444 g/mol. The highest BCUT2D eigenvalue weighted by Gasteiger charge is 2.34. The molecule has 3 rings (SSSR count). The van der Waals surface area contributed by atoms with E-state index in [4.69, 9.17) is 4.74 Å². The predicted octanol–water partition coefficient (Wildman–Crippen LogP) is 3.73. The summed E-state index contributed by atoms with van der Waals surface area (Å²) in [7, 11) is 0. The first-order valence-corrected chi connectivity index (χ1v) is 10.5. The Morgan fingerprint density at radius 3 is 2.90 bits per heavy atom. The van der Waals surface area contributed by atoms with Gasteiger partial charge in [0, 0.05) is 23.1 Å². The van der Waals surface area contributed by atoms with Crippen LogP contribution in [0.5, 0.6) is 5.75 Å². The summed E-state index contributed by atoms with van der Waals surface area (Å²) in [6.07, 6.45) is 2.76. The van der Waals surface area contributed by atoms with Crippen LogP contribution in [0.3, 0.4) is 0 Å². The monoisotopic (exact) mass is 466 g/mol. The summed E-state index contributed by atoms with van der Waals surface area (Å²) < 4.78 is 6.59. The van der Waals surface area contributed by atoms with E-state index in [1.54, 1.807) is 4.90 Å². The van der Waals surface area contributed by atoms with Gasteiger partial charge in [-0.25, -0.2) is 0 Å². The molecule has 0 saturated carbocycles. The van der Waals surface area contributed by atoms with Crippen molar-refractivity contribution >= 4 is 33.4 Å². The molecule has 0 bridgehead atoms. The maximum absolute atomic E-state index is 12.4. The molecule has 2 aromatic rings. The van der Waals surface area contributed by atoms with Gasteiger partial charge in [0.25, 0.3) is 0 Å². The van der Waals surface area contributed by atoms with Gasteiger partial charge in [-0.1, -0.05) is 58.1 Å². The van der Waals surface area contributed by atoms with Gasteiger partial charge in [-0.2, -0.15) is 0 Å². The highest BCUT2D eigenvalue weighted by molar-refractivity contribution is 9.10. The van der Waals surface area contributed by atoms with E-state index >= 15 is 0 Å². The van der Waals surface area contributed by atoms with Gasteiger partial charge in [0.05, 0.1) is 12.5 Å². The van der Waals surface area contributed by atoms with E-state index < -0.39 is 0 Å². The number of benzene rings is 2. The molecule has 1 saturated heterocycles. The fourth-order valence-electron chi connectivity index (χ4n) is 3.25. The predicted molar refractivity (Wildman–Crippen MR) is 121 cm³/mol. The van der Waals surface area contributed by atoms with Gasteiger partial charge >= 0.3 is 0 Å². The molecule has 1 N–H and O–H groups in total. The van der Waals surface area contributed by atoms with Crippen molar-refractivity contribution in [3.63, 3.8) is 0 Å². The topological polar surface area (TPSA) is 58.6 Å². The number of carbonyl (C=O) groups is 2. The van der Waals surface area contributed by atoms with Gasteiger partial charge in [0.2, 0.25) is 11.8 Å². The number of hydrogen-bond donors (Lipinski definition) is 1. The Balaban J connectivity index is 1.45. The third-order valence-electron chi connectivity index (χ3n) is 4.73. The summed E-state index contributed by atoms with van der Waals surface area (Å²) in [5, 5.41) is 2.79. The number of para-hydroxylation sites is 1. The van der Waals surface area contributed by atoms with Gasteiger partial charge in [-0.05, 0) is 36.2 Å². The molecule has 2 amide bonds. The minimum Gasteiger partial charge on any atom is -0.481 e. The Morgan fingerprint density at radius 2 is 2.10 bits per heavy atom. The number of carbonyl (C=O) groups excluding carboxylic acids is 2. The molecule has 5 nitrogen and oxygen atoms in total. The first kappa shape index (κ1) is 21.7. The number of allylic oxidation sites excluding steroid dienone is 1. The Kier molecular flexibility index (Phi) is 7.69. The molecule has 0 aromatic heterocycles. The summed E-state index contributed by atoms with van der Waals surface area (Å²) in [5.41, 5.74) is 1.85. The Labute approximate surface area is 185 Å². The van der Waals surface area contributed by atoms with Crippen LogP contribution < -0.4 is 15.0 Å². The maximum atomic E-state index is 12.4. The average molecular weight is 467 g/mol. The van der Waals surface area contributed by atoms with Crippen LogP contribution in [-0.4, -0.2) is 31.5 Å². The average Bonchev–Trinajstić information content (AvgIpc) is 3.13. The lowest BCUT2D eigenvalue weighted by Gasteiger charge is -2.16. The van der Waals surface area contributed by atoms with Gasteiger partial charge in [-0.3, -0.25) is 9.59 Å². The van der Waals surface area contributed by atoms with Crippen molar-refractivity contribution in [1.29, 1.82) is 0 Å². The van der Waals surface area contributed by atoms with Crippen molar-refractivity contribution in [3.8, 4) is 17.6 Å². The summed E-state index contributed by atoms with van der Waals surface area (Å²) >= 11 is 3.41. The summed E-state index contributed by atoms with van der Waals surface area (Å²) in [5.74, 6) is 6.00. The molecule has 0 spiro atoms. The van der Waals surface area contributed by atoms with E-state index in [0.29, 0.717) is 6.54 Å². The van der Waals surface area contributed by atoms with Crippen LogP contribution in [0.4, 0.5) is 5.69 Å². The van der Waals surface area contributed by atoms with Crippen LogP contribution in [0.25, 0.3) is 0 Å². The Hall–Kier alpha value is -3.04. The molecule has 1 heterocycles.